The third kappa shape index (κ3) is 1.65. The highest BCUT2D eigenvalue weighted by molar-refractivity contribution is 9.10. The van der Waals surface area contributed by atoms with Crippen LogP contribution in [-0.2, 0) is 11.2 Å². The van der Waals surface area contributed by atoms with Crippen LogP contribution in [0.2, 0.25) is 0 Å². The molecular formula is C11H9BrO3. The normalized spacial score (nSPS) is 13.3. The van der Waals surface area contributed by atoms with E-state index < -0.39 is 5.97 Å². The van der Waals surface area contributed by atoms with E-state index in [-0.39, 0.29) is 0 Å². The summed E-state index contributed by atoms with van der Waals surface area (Å²) in [7, 11) is 1.56. The molecule has 0 unspecified atom stereocenters. The largest absolute Gasteiger partial charge is 0.497 e. The van der Waals surface area contributed by atoms with E-state index in [2.05, 4.69) is 15.9 Å². The second-order valence-corrected chi connectivity index (χ2v) is 4.12. The molecule has 0 amide bonds. The zero-order valence-corrected chi connectivity index (χ0v) is 9.67. The van der Waals surface area contributed by atoms with Gasteiger partial charge in [0.1, 0.15) is 5.75 Å². The lowest BCUT2D eigenvalue weighted by Gasteiger charge is -2.07. The average Bonchev–Trinajstić information content (AvgIpc) is 2.61. The smallest absolute Gasteiger partial charge is 0.335 e. The lowest BCUT2D eigenvalue weighted by atomic mass is 10.1. The maximum absolute atomic E-state index is 11.0. The minimum absolute atomic E-state index is 0.351. The van der Waals surface area contributed by atoms with Gasteiger partial charge in [-0.15, -0.1) is 0 Å². The van der Waals surface area contributed by atoms with Gasteiger partial charge in [-0.1, -0.05) is 22.0 Å². The van der Waals surface area contributed by atoms with E-state index in [4.69, 9.17) is 9.84 Å². The molecule has 0 saturated carbocycles. The van der Waals surface area contributed by atoms with Gasteiger partial charge in [0.2, 0.25) is 0 Å². The first-order valence-electron chi connectivity index (χ1n) is 4.43. The maximum atomic E-state index is 11.0. The van der Waals surface area contributed by atoms with E-state index in [0.29, 0.717) is 17.7 Å². The molecule has 15 heavy (non-hydrogen) atoms. The predicted octanol–water partition coefficient (Wildman–Crippen LogP) is 2.48. The Balaban J connectivity index is 2.57. The summed E-state index contributed by atoms with van der Waals surface area (Å²) in [6.45, 7) is 0. The van der Waals surface area contributed by atoms with Gasteiger partial charge in [0, 0.05) is 4.47 Å². The molecule has 2 rings (SSSR count). The highest BCUT2D eigenvalue weighted by Gasteiger charge is 2.22. The van der Waals surface area contributed by atoms with Crippen LogP contribution in [0.15, 0.2) is 22.7 Å². The third-order valence-electron chi connectivity index (χ3n) is 2.44. The van der Waals surface area contributed by atoms with E-state index >= 15 is 0 Å². The molecule has 1 aromatic rings. The standard InChI is InChI=1S/C11H9BrO3/c1-15-6-4-9-7(10(12)5-6)2-3-8(9)11(13)14/h3-5H,2H2,1H3,(H,13,14). The molecular weight excluding hydrogens is 260 g/mol. The molecule has 0 heterocycles. The zero-order valence-electron chi connectivity index (χ0n) is 8.08. The first-order valence-corrected chi connectivity index (χ1v) is 5.23. The van der Waals surface area contributed by atoms with Crippen molar-refractivity contribution in [2.75, 3.05) is 7.11 Å². The summed E-state index contributed by atoms with van der Waals surface area (Å²) in [6, 6.07) is 3.60. The summed E-state index contributed by atoms with van der Waals surface area (Å²) in [5.41, 5.74) is 2.10. The van der Waals surface area contributed by atoms with Gasteiger partial charge in [-0.2, -0.15) is 0 Å². The molecule has 0 aliphatic heterocycles. The van der Waals surface area contributed by atoms with Gasteiger partial charge in [0.15, 0.2) is 0 Å². The molecule has 4 heteroatoms. The molecule has 0 fully saturated rings. The molecule has 1 aliphatic carbocycles. The van der Waals surface area contributed by atoms with E-state index in [0.717, 1.165) is 15.6 Å². The molecule has 0 saturated heterocycles. The van der Waals surface area contributed by atoms with Gasteiger partial charge in [-0.3, -0.25) is 0 Å². The van der Waals surface area contributed by atoms with Crippen molar-refractivity contribution in [3.63, 3.8) is 0 Å². The van der Waals surface area contributed by atoms with E-state index in [1.165, 1.54) is 0 Å². The highest BCUT2D eigenvalue weighted by Crippen LogP contribution is 2.36. The number of allylic oxidation sites excluding steroid dienone is 1. The van der Waals surface area contributed by atoms with Crippen molar-refractivity contribution in [2.24, 2.45) is 0 Å². The summed E-state index contributed by atoms with van der Waals surface area (Å²) >= 11 is 3.41. The molecule has 1 aromatic carbocycles. The number of benzene rings is 1. The molecule has 3 nitrogen and oxygen atoms in total. The molecule has 0 aromatic heterocycles. The number of rotatable bonds is 2. The van der Waals surface area contributed by atoms with Gasteiger partial charge in [-0.05, 0) is 29.7 Å². The van der Waals surface area contributed by atoms with Crippen LogP contribution in [0.25, 0.3) is 5.57 Å². The van der Waals surface area contributed by atoms with Gasteiger partial charge in [0.25, 0.3) is 0 Å². The van der Waals surface area contributed by atoms with Crippen LogP contribution in [0.5, 0.6) is 5.75 Å². The number of carbonyl (C=O) groups is 1. The van der Waals surface area contributed by atoms with E-state index in [9.17, 15) is 4.79 Å². The lowest BCUT2D eigenvalue weighted by Crippen LogP contribution is -1.98. The fourth-order valence-electron chi connectivity index (χ4n) is 1.69. The Hall–Kier alpha value is -1.29. The molecule has 78 valence electrons. The minimum atomic E-state index is -0.895. The Morgan fingerprint density at radius 1 is 1.53 bits per heavy atom. The van der Waals surface area contributed by atoms with Gasteiger partial charge in [-0.25, -0.2) is 4.79 Å². The monoisotopic (exact) mass is 268 g/mol. The Bertz CT molecular complexity index is 463. The van der Waals surface area contributed by atoms with Crippen molar-refractivity contribution in [1.82, 2.24) is 0 Å². The Labute approximate surface area is 95.5 Å². The molecule has 0 radical (unpaired) electrons. The first-order chi connectivity index (χ1) is 7.13. The summed E-state index contributed by atoms with van der Waals surface area (Å²) in [5, 5.41) is 8.99. The molecule has 1 N–H and O–H groups in total. The number of carboxylic acid groups (broad SMARTS) is 1. The number of carboxylic acids is 1. The third-order valence-corrected chi connectivity index (χ3v) is 3.14. The van der Waals surface area contributed by atoms with Crippen molar-refractivity contribution >= 4 is 27.5 Å². The van der Waals surface area contributed by atoms with Gasteiger partial charge < -0.3 is 9.84 Å². The van der Waals surface area contributed by atoms with E-state index in [1.807, 2.05) is 6.07 Å². The second-order valence-electron chi connectivity index (χ2n) is 3.26. The maximum Gasteiger partial charge on any atom is 0.335 e. The Kier molecular flexibility index (Phi) is 2.52. The SMILES string of the molecule is COc1cc(Br)c2c(c1)C(C(=O)O)=CC2. The van der Waals surface area contributed by atoms with Crippen LogP contribution in [0, 0.1) is 0 Å². The average molecular weight is 269 g/mol. The number of hydrogen-bond acceptors (Lipinski definition) is 2. The zero-order chi connectivity index (χ0) is 11.0. The quantitative estimate of drug-likeness (QED) is 0.897. The van der Waals surface area contributed by atoms with Crippen molar-refractivity contribution < 1.29 is 14.6 Å². The first kappa shape index (κ1) is 10.2. The van der Waals surface area contributed by atoms with Crippen molar-refractivity contribution in [2.45, 2.75) is 6.42 Å². The summed E-state index contributed by atoms with van der Waals surface area (Å²) in [6.07, 6.45) is 2.37. The second kappa shape index (κ2) is 3.70. The topological polar surface area (TPSA) is 46.5 Å². The van der Waals surface area contributed by atoms with Crippen LogP contribution in [0.1, 0.15) is 11.1 Å². The number of aliphatic carboxylic acids is 1. The van der Waals surface area contributed by atoms with Crippen LogP contribution in [0.4, 0.5) is 0 Å². The minimum Gasteiger partial charge on any atom is -0.497 e. The van der Waals surface area contributed by atoms with Crippen molar-refractivity contribution in [1.29, 1.82) is 0 Å². The van der Waals surface area contributed by atoms with Crippen molar-refractivity contribution in [3.8, 4) is 5.75 Å². The van der Waals surface area contributed by atoms with Crippen LogP contribution >= 0.6 is 15.9 Å². The Morgan fingerprint density at radius 3 is 2.87 bits per heavy atom. The summed E-state index contributed by atoms with van der Waals surface area (Å²) < 4.78 is 5.99. The number of ether oxygens (including phenoxy) is 1. The molecule has 0 bridgehead atoms. The van der Waals surface area contributed by atoms with Crippen LogP contribution in [-0.4, -0.2) is 18.2 Å². The van der Waals surface area contributed by atoms with Crippen molar-refractivity contribution in [3.05, 3.63) is 33.8 Å². The summed E-state index contributed by atoms with van der Waals surface area (Å²) in [5.74, 6) is -0.233. The molecule has 0 spiro atoms. The summed E-state index contributed by atoms with van der Waals surface area (Å²) in [4.78, 5) is 11.0. The fourth-order valence-corrected chi connectivity index (χ4v) is 2.29. The Morgan fingerprint density at radius 2 is 2.27 bits per heavy atom. The highest BCUT2D eigenvalue weighted by atomic mass is 79.9. The molecule has 0 atom stereocenters. The van der Waals surface area contributed by atoms with Crippen LogP contribution in [0.3, 0.4) is 0 Å². The molecule has 1 aliphatic rings. The number of halogens is 1. The number of methoxy groups -OCH3 is 1. The van der Waals surface area contributed by atoms with Gasteiger partial charge in [0.05, 0.1) is 12.7 Å². The van der Waals surface area contributed by atoms with Crippen LogP contribution < -0.4 is 4.74 Å². The van der Waals surface area contributed by atoms with Gasteiger partial charge >= 0.3 is 5.97 Å². The number of hydrogen-bond donors (Lipinski definition) is 1. The fraction of sp³-hybridized carbons (Fsp3) is 0.182. The number of fused-ring (bicyclic) bond motifs is 1. The lowest BCUT2D eigenvalue weighted by molar-refractivity contribution is -0.130. The predicted molar refractivity (Wildman–Crippen MR) is 60.0 cm³/mol. The van der Waals surface area contributed by atoms with E-state index in [1.54, 1.807) is 19.3 Å².